The molecule has 0 spiro atoms. The van der Waals surface area contributed by atoms with Gasteiger partial charge in [0.25, 0.3) is 5.91 Å². The Morgan fingerprint density at radius 3 is 2.70 bits per heavy atom. The standard InChI is InChI=1S/C17H18FN3O2/c1-12-8-13(10-19-9-12)17(22)21(15-4-6-23-7-5-15)16-3-2-14(18)11-20-16/h2-3,8-11,15H,4-7H2,1H3. The number of pyridine rings is 2. The van der Waals surface area contributed by atoms with Crippen LogP contribution >= 0.6 is 0 Å². The van der Waals surface area contributed by atoms with Crippen molar-refractivity contribution in [3.05, 3.63) is 53.7 Å². The maximum absolute atomic E-state index is 13.2. The molecule has 0 saturated carbocycles. The molecule has 0 atom stereocenters. The number of aryl methyl sites for hydroxylation is 1. The third kappa shape index (κ3) is 3.53. The lowest BCUT2D eigenvalue weighted by Gasteiger charge is -2.33. The third-order valence-corrected chi connectivity index (χ3v) is 3.86. The van der Waals surface area contributed by atoms with E-state index in [1.165, 1.54) is 12.1 Å². The highest BCUT2D eigenvalue weighted by Gasteiger charge is 2.29. The lowest BCUT2D eigenvalue weighted by atomic mass is 10.1. The Kier molecular flexibility index (Phi) is 4.62. The molecule has 2 aromatic rings. The normalized spacial score (nSPS) is 15.4. The molecule has 0 radical (unpaired) electrons. The molecule has 1 amide bonds. The van der Waals surface area contributed by atoms with Gasteiger partial charge in [0.1, 0.15) is 11.6 Å². The van der Waals surface area contributed by atoms with E-state index in [-0.39, 0.29) is 11.9 Å². The fraction of sp³-hybridized carbons (Fsp3) is 0.353. The quantitative estimate of drug-likeness (QED) is 0.874. The van der Waals surface area contributed by atoms with Crippen LogP contribution in [0, 0.1) is 12.7 Å². The maximum Gasteiger partial charge on any atom is 0.261 e. The Morgan fingerprint density at radius 2 is 2.04 bits per heavy atom. The highest BCUT2D eigenvalue weighted by atomic mass is 19.1. The number of amides is 1. The van der Waals surface area contributed by atoms with Crippen LogP contribution in [0.4, 0.5) is 10.2 Å². The van der Waals surface area contributed by atoms with Gasteiger partial charge in [-0.05, 0) is 43.5 Å². The first-order chi connectivity index (χ1) is 11.1. The van der Waals surface area contributed by atoms with Crippen LogP contribution < -0.4 is 4.90 Å². The van der Waals surface area contributed by atoms with Crippen molar-refractivity contribution >= 4 is 11.7 Å². The summed E-state index contributed by atoms with van der Waals surface area (Å²) in [6, 6.07) is 4.63. The molecule has 23 heavy (non-hydrogen) atoms. The number of rotatable bonds is 3. The van der Waals surface area contributed by atoms with Crippen molar-refractivity contribution in [2.75, 3.05) is 18.1 Å². The summed E-state index contributed by atoms with van der Waals surface area (Å²) in [6.07, 6.45) is 5.83. The van der Waals surface area contributed by atoms with Crippen LogP contribution in [-0.4, -0.2) is 35.1 Å². The van der Waals surface area contributed by atoms with Crippen molar-refractivity contribution in [3.63, 3.8) is 0 Å². The summed E-state index contributed by atoms with van der Waals surface area (Å²) in [4.78, 5) is 22.8. The number of aromatic nitrogens is 2. The molecule has 1 saturated heterocycles. The average molecular weight is 315 g/mol. The van der Waals surface area contributed by atoms with Gasteiger partial charge in [-0.25, -0.2) is 9.37 Å². The number of hydrogen-bond acceptors (Lipinski definition) is 4. The van der Waals surface area contributed by atoms with Crippen molar-refractivity contribution < 1.29 is 13.9 Å². The number of halogens is 1. The van der Waals surface area contributed by atoms with Crippen LogP contribution in [0.15, 0.2) is 36.8 Å². The van der Waals surface area contributed by atoms with Gasteiger partial charge in [-0.2, -0.15) is 0 Å². The van der Waals surface area contributed by atoms with E-state index in [1.807, 2.05) is 6.92 Å². The van der Waals surface area contributed by atoms with Gasteiger partial charge < -0.3 is 4.74 Å². The molecule has 1 fully saturated rings. The van der Waals surface area contributed by atoms with Crippen LogP contribution in [0.1, 0.15) is 28.8 Å². The van der Waals surface area contributed by atoms with Crippen molar-refractivity contribution in [2.45, 2.75) is 25.8 Å². The fourth-order valence-electron chi connectivity index (χ4n) is 2.72. The van der Waals surface area contributed by atoms with E-state index in [0.717, 1.165) is 24.6 Å². The average Bonchev–Trinajstić information content (AvgIpc) is 2.58. The lowest BCUT2D eigenvalue weighted by Crippen LogP contribution is -2.44. The Labute approximate surface area is 134 Å². The van der Waals surface area contributed by atoms with Gasteiger partial charge in [-0.3, -0.25) is 14.7 Å². The number of carbonyl (C=O) groups is 1. The molecule has 3 rings (SSSR count). The number of hydrogen-bond donors (Lipinski definition) is 0. The molecule has 0 bridgehead atoms. The van der Waals surface area contributed by atoms with Gasteiger partial charge in [0.15, 0.2) is 0 Å². The summed E-state index contributed by atoms with van der Waals surface area (Å²) in [5, 5.41) is 0. The van der Waals surface area contributed by atoms with E-state index in [2.05, 4.69) is 9.97 Å². The molecule has 0 unspecified atom stereocenters. The largest absolute Gasteiger partial charge is 0.381 e. The second-order valence-electron chi connectivity index (χ2n) is 5.60. The van der Waals surface area contributed by atoms with Gasteiger partial charge in [-0.1, -0.05) is 0 Å². The summed E-state index contributed by atoms with van der Waals surface area (Å²) in [7, 11) is 0. The summed E-state index contributed by atoms with van der Waals surface area (Å²) in [5.74, 6) is -0.151. The van der Waals surface area contributed by atoms with Crippen molar-refractivity contribution in [1.29, 1.82) is 0 Å². The van der Waals surface area contributed by atoms with Gasteiger partial charge in [0, 0.05) is 31.6 Å². The SMILES string of the molecule is Cc1cncc(C(=O)N(c2ccc(F)cn2)C2CCOCC2)c1. The summed E-state index contributed by atoms with van der Waals surface area (Å²) in [5.41, 5.74) is 1.41. The Bertz CT molecular complexity index is 684. The lowest BCUT2D eigenvalue weighted by molar-refractivity contribution is 0.0770. The van der Waals surface area contributed by atoms with Crippen LogP contribution in [-0.2, 0) is 4.74 Å². The topological polar surface area (TPSA) is 55.3 Å². The smallest absolute Gasteiger partial charge is 0.261 e. The summed E-state index contributed by atoms with van der Waals surface area (Å²) in [6.45, 7) is 3.09. The molecule has 0 aromatic carbocycles. The Morgan fingerprint density at radius 1 is 1.26 bits per heavy atom. The minimum absolute atomic E-state index is 0.0188. The third-order valence-electron chi connectivity index (χ3n) is 3.86. The Hall–Kier alpha value is -2.34. The maximum atomic E-state index is 13.2. The van der Waals surface area contributed by atoms with E-state index in [9.17, 15) is 9.18 Å². The molecule has 2 aromatic heterocycles. The van der Waals surface area contributed by atoms with Crippen LogP contribution in [0.3, 0.4) is 0 Å². The van der Waals surface area contributed by atoms with E-state index < -0.39 is 5.82 Å². The van der Waals surface area contributed by atoms with Crippen molar-refractivity contribution in [3.8, 4) is 0 Å². The van der Waals surface area contributed by atoms with Crippen molar-refractivity contribution in [1.82, 2.24) is 9.97 Å². The molecular formula is C17H18FN3O2. The van der Waals surface area contributed by atoms with Gasteiger partial charge in [0.2, 0.25) is 0 Å². The second-order valence-corrected chi connectivity index (χ2v) is 5.60. The molecule has 0 N–H and O–H groups in total. The van der Waals surface area contributed by atoms with Gasteiger partial charge in [0.05, 0.1) is 11.8 Å². The summed E-state index contributed by atoms with van der Waals surface area (Å²) < 4.78 is 18.6. The zero-order valence-corrected chi connectivity index (χ0v) is 12.9. The second kappa shape index (κ2) is 6.83. The van der Waals surface area contributed by atoms with Gasteiger partial charge >= 0.3 is 0 Å². The molecule has 1 aliphatic heterocycles. The van der Waals surface area contributed by atoms with Crippen LogP contribution in [0.5, 0.6) is 0 Å². The van der Waals surface area contributed by atoms with Crippen LogP contribution in [0.25, 0.3) is 0 Å². The number of ether oxygens (including phenoxy) is 1. The molecule has 120 valence electrons. The molecule has 3 heterocycles. The number of nitrogens with zero attached hydrogens (tertiary/aromatic N) is 3. The first-order valence-corrected chi connectivity index (χ1v) is 7.59. The number of carbonyl (C=O) groups excluding carboxylic acids is 1. The highest BCUT2D eigenvalue weighted by Crippen LogP contribution is 2.23. The molecule has 6 heteroatoms. The minimum Gasteiger partial charge on any atom is -0.381 e. The molecule has 0 aliphatic carbocycles. The van der Waals surface area contributed by atoms with E-state index >= 15 is 0 Å². The highest BCUT2D eigenvalue weighted by molar-refractivity contribution is 6.05. The summed E-state index contributed by atoms with van der Waals surface area (Å²) >= 11 is 0. The first kappa shape index (κ1) is 15.6. The zero-order chi connectivity index (χ0) is 16.2. The minimum atomic E-state index is -0.426. The molecular weight excluding hydrogens is 297 g/mol. The van der Waals surface area contributed by atoms with E-state index in [0.29, 0.717) is 24.6 Å². The Balaban J connectivity index is 1.96. The van der Waals surface area contributed by atoms with E-state index in [1.54, 1.807) is 23.4 Å². The fourth-order valence-corrected chi connectivity index (χ4v) is 2.72. The number of anilines is 1. The molecule has 1 aliphatic rings. The predicted octanol–water partition coefficient (Wildman–Crippen LogP) is 2.75. The first-order valence-electron chi connectivity index (χ1n) is 7.59. The van der Waals surface area contributed by atoms with Crippen LogP contribution in [0.2, 0.25) is 0 Å². The monoisotopic (exact) mass is 315 g/mol. The van der Waals surface area contributed by atoms with Crippen molar-refractivity contribution in [2.24, 2.45) is 0 Å². The zero-order valence-electron chi connectivity index (χ0n) is 12.9. The van der Waals surface area contributed by atoms with E-state index in [4.69, 9.17) is 4.74 Å². The van der Waals surface area contributed by atoms with Gasteiger partial charge in [-0.15, -0.1) is 0 Å². The predicted molar refractivity (Wildman–Crippen MR) is 83.8 cm³/mol. The molecule has 5 nitrogen and oxygen atoms in total.